The van der Waals surface area contributed by atoms with Crippen molar-refractivity contribution in [2.24, 2.45) is 0 Å². The van der Waals surface area contributed by atoms with Crippen LogP contribution in [-0.2, 0) is 6.42 Å². The van der Waals surface area contributed by atoms with Gasteiger partial charge in [-0.15, -0.1) is 0 Å². The third kappa shape index (κ3) is 5.90. The lowest BCUT2D eigenvalue weighted by atomic mass is 10.1. The predicted molar refractivity (Wildman–Crippen MR) is 107 cm³/mol. The van der Waals surface area contributed by atoms with Crippen molar-refractivity contribution in [3.05, 3.63) is 96.1 Å². The van der Waals surface area contributed by atoms with Crippen LogP contribution >= 0.6 is 0 Å². The van der Waals surface area contributed by atoms with E-state index in [1.54, 1.807) is 24.3 Å². The molecule has 0 heterocycles. The summed E-state index contributed by atoms with van der Waals surface area (Å²) in [6.45, 7) is 2.42. The van der Waals surface area contributed by atoms with E-state index in [2.05, 4.69) is 34.5 Å². The number of hydrogen-bond acceptors (Lipinski definition) is 2. The standard InChI is InChI=1S/C23H24F2N2/c24-20-8-12-22(13-9-20)27(23-14-10-21(25)11-15-23)18-17-26-16-4-7-19-5-2-1-3-6-19/h1-3,5-6,8-15,26H,4,7,16-18H2. The van der Waals surface area contributed by atoms with E-state index in [1.165, 1.54) is 29.8 Å². The van der Waals surface area contributed by atoms with E-state index in [-0.39, 0.29) is 11.6 Å². The summed E-state index contributed by atoms with van der Waals surface area (Å²) in [5.74, 6) is -0.534. The fourth-order valence-electron chi connectivity index (χ4n) is 3.03. The highest BCUT2D eigenvalue weighted by Crippen LogP contribution is 2.25. The van der Waals surface area contributed by atoms with Crippen molar-refractivity contribution in [3.63, 3.8) is 0 Å². The Morgan fingerprint density at radius 3 is 1.78 bits per heavy atom. The van der Waals surface area contributed by atoms with Crippen LogP contribution in [0.3, 0.4) is 0 Å². The van der Waals surface area contributed by atoms with Crippen LogP contribution < -0.4 is 10.2 Å². The predicted octanol–water partition coefficient (Wildman–Crippen LogP) is 5.33. The molecule has 0 aliphatic rings. The summed E-state index contributed by atoms with van der Waals surface area (Å²) in [5, 5.41) is 3.46. The van der Waals surface area contributed by atoms with E-state index in [4.69, 9.17) is 0 Å². The number of nitrogens with zero attached hydrogens (tertiary/aromatic N) is 1. The highest BCUT2D eigenvalue weighted by atomic mass is 19.1. The molecule has 27 heavy (non-hydrogen) atoms. The maximum absolute atomic E-state index is 13.3. The molecular weight excluding hydrogens is 342 g/mol. The van der Waals surface area contributed by atoms with Crippen LogP contribution in [0, 0.1) is 11.6 Å². The molecular formula is C23H24F2N2. The molecule has 0 spiro atoms. The molecule has 1 N–H and O–H groups in total. The van der Waals surface area contributed by atoms with E-state index >= 15 is 0 Å². The smallest absolute Gasteiger partial charge is 0.123 e. The van der Waals surface area contributed by atoms with E-state index in [0.717, 1.165) is 37.3 Å². The lowest BCUT2D eigenvalue weighted by Gasteiger charge is -2.25. The van der Waals surface area contributed by atoms with Crippen molar-refractivity contribution >= 4 is 11.4 Å². The molecule has 0 aliphatic heterocycles. The normalized spacial score (nSPS) is 10.7. The number of rotatable bonds is 9. The van der Waals surface area contributed by atoms with Gasteiger partial charge in [0.05, 0.1) is 0 Å². The Morgan fingerprint density at radius 2 is 1.22 bits per heavy atom. The molecule has 140 valence electrons. The summed E-state index contributed by atoms with van der Waals surface area (Å²) in [4.78, 5) is 2.06. The molecule has 0 saturated heterocycles. The Balaban J connectivity index is 1.54. The molecule has 4 heteroatoms. The van der Waals surface area contributed by atoms with Crippen molar-refractivity contribution in [2.75, 3.05) is 24.5 Å². The first-order valence-corrected chi connectivity index (χ1v) is 9.26. The van der Waals surface area contributed by atoms with Crippen LogP contribution in [-0.4, -0.2) is 19.6 Å². The second kappa shape index (κ2) is 9.83. The summed E-state index contributed by atoms with van der Waals surface area (Å²) in [7, 11) is 0. The zero-order valence-electron chi connectivity index (χ0n) is 15.2. The van der Waals surface area contributed by atoms with E-state index < -0.39 is 0 Å². The van der Waals surface area contributed by atoms with Gasteiger partial charge in [-0.25, -0.2) is 8.78 Å². The largest absolute Gasteiger partial charge is 0.340 e. The second-order valence-electron chi connectivity index (χ2n) is 6.44. The summed E-state index contributed by atoms with van der Waals surface area (Å²) >= 11 is 0. The number of halogens is 2. The highest BCUT2D eigenvalue weighted by molar-refractivity contribution is 5.63. The van der Waals surface area contributed by atoms with Crippen molar-refractivity contribution < 1.29 is 8.78 Å². The molecule has 3 aromatic carbocycles. The third-order valence-corrected chi connectivity index (χ3v) is 4.45. The first kappa shape index (κ1) is 19.1. The molecule has 0 saturated carbocycles. The minimum Gasteiger partial charge on any atom is -0.340 e. The van der Waals surface area contributed by atoms with E-state index in [1.807, 2.05) is 6.07 Å². The van der Waals surface area contributed by atoms with Gasteiger partial charge in [0, 0.05) is 24.5 Å². The molecule has 3 rings (SSSR count). The van der Waals surface area contributed by atoms with Crippen molar-refractivity contribution in [1.29, 1.82) is 0 Å². The van der Waals surface area contributed by atoms with E-state index in [9.17, 15) is 8.78 Å². The Morgan fingerprint density at radius 1 is 0.667 bits per heavy atom. The first-order valence-electron chi connectivity index (χ1n) is 9.26. The van der Waals surface area contributed by atoms with Gasteiger partial charge in [-0.3, -0.25) is 0 Å². The molecule has 0 radical (unpaired) electrons. The minimum absolute atomic E-state index is 0.267. The van der Waals surface area contributed by atoms with Crippen LogP contribution in [0.15, 0.2) is 78.9 Å². The van der Waals surface area contributed by atoms with Gasteiger partial charge in [0.25, 0.3) is 0 Å². The topological polar surface area (TPSA) is 15.3 Å². The molecule has 0 aliphatic carbocycles. The SMILES string of the molecule is Fc1ccc(N(CCNCCCc2ccccc2)c2ccc(F)cc2)cc1. The zero-order chi connectivity index (χ0) is 18.9. The van der Waals surface area contributed by atoms with Crippen LogP contribution in [0.1, 0.15) is 12.0 Å². The number of aryl methyl sites for hydroxylation is 1. The van der Waals surface area contributed by atoms with Crippen molar-refractivity contribution in [2.45, 2.75) is 12.8 Å². The molecule has 3 aromatic rings. The van der Waals surface area contributed by atoms with E-state index in [0.29, 0.717) is 6.54 Å². The Kier molecular flexibility index (Phi) is 6.94. The molecule has 2 nitrogen and oxygen atoms in total. The Hall–Kier alpha value is -2.72. The van der Waals surface area contributed by atoms with Crippen LogP contribution in [0.25, 0.3) is 0 Å². The number of nitrogens with one attached hydrogen (secondary N) is 1. The minimum atomic E-state index is -0.267. The maximum Gasteiger partial charge on any atom is 0.123 e. The first-order chi connectivity index (χ1) is 13.2. The average molecular weight is 366 g/mol. The Labute approximate surface area is 159 Å². The monoisotopic (exact) mass is 366 g/mol. The fraction of sp³-hybridized carbons (Fsp3) is 0.217. The van der Waals surface area contributed by atoms with Gasteiger partial charge >= 0.3 is 0 Å². The van der Waals surface area contributed by atoms with Gasteiger partial charge in [-0.1, -0.05) is 30.3 Å². The van der Waals surface area contributed by atoms with Gasteiger partial charge in [0.15, 0.2) is 0 Å². The maximum atomic E-state index is 13.3. The molecule has 0 amide bonds. The Bertz CT molecular complexity index is 757. The van der Waals surface area contributed by atoms with Gasteiger partial charge in [0.2, 0.25) is 0 Å². The summed E-state index contributed by atoms with van der Waals surface area (Å²) < 4.78 is 26.5. The summed E-state index contributed by atoms with van der Waals surface area (Å²) in [6.07, 6.45) is 2.12. The third-order valence-electron chi connectivity index (χ3n) is 4.45. The average Bonchev–Trinajstić information content (AvgIpc) is 2.70. The molecule has 0 bridgehead atoms. The van der Waals surface area contributed by atoms with Crippen LogP contribution in [0.5, 0.6) is 0 Å². The van der Waals surface area contributed by atoms with Crippen molar-refractivity contribution in [3.8, 4) is 0 Å². The van der Waals surface area contributed by atoms with Crippen LogP contribution in [0.2, 0.25) is 0 Å². The molecule has 0 aromatic heterocycles. The van der Waals surface area contributed by atoms with Gasteiger partial charge in [-0.2, -0.15) is 0 Å². The lowest BCUT2D eigenvalue weighted by Crippen LogP contribution is -2.29. The number of hydrogen-bond donors (Lipinski definition) is 1. The number of anilines is 2. The summed E-state index contributed by atoms with van der Waals surface area (Å²) in [6, 6.07) is 23.2. The second-order valence-corrected chi connectivity index (χ2v) is 6.44. The number of benzene rings is 3. The fourth-order valence-corrected chi connectivity index (χ4v) is 3.03. The molecule has 0 unspecified atom stereocenters. The lowest BCUT2D eigenvalue weighted by molar-refractivity contribution is 0.626. The van der Waals surface area contributed by atoms with Gasteiger partial charge in [0.1, 0.15) is 11.6 Å². The quantitative estimate of drug-likeness (QED) is 0.515. The van der Waals surface area contributed by atoms with Gasteiger partial charge in [-0.05, 0) is 73.5 Å². The summed E-state index contributed by atoms with van der Waals surface area (Å²) in [5.41, 5.74) is 3.11. The van der Waals surface area contributed by atoms with Crippen LogP contribution in [0.4, 0.5) is 20.2 Å². The molecule has 0 atom stereocenters. The highest BCUT2D eigenvalue weighted by Gasteiger charge is 2.09. The van der Waals surface area contributed by atoms with Gasteiger partial charge < -0.3 is 10.2 Å². The van der Waals surface area contributed by atoms with Crippen molar-refractivity contribution in [1.82, 2.24) is 5.32 Å². The molecule has 0 fully saturated rings. The zero-order valence-corrected chi connectivity index (χ0v) is 15.2.